The van der Waals surface area contributed by atoms with Gasteiger partial charge < -0.3 is 0 Å². The summed E-state index contributed by atoms with van der Waals surface area (Å²) in [5.74, 6) is -4.10. The van der Waals surface area contributed by atoms with Crippen LogP contribution < -0.4 is 0 Å². The summed E-state index contributed by atoms with van der Waals surface area (Å²) in [5, 5.41) is 2.15. The molecule has 4 aromatic rings. The Bertz CT molecular complexity index is 1640. The number of ketones is 1. The Kier molecular flexibility index (Phi) is 5.91. The maximum atomic E-state index is 14.5. The molecule has 202 valence electrons. The van der Waals surface area contributed by atoms with Gasteiger partial charge in [-0.15, -0.1) is 0 Å². The highest BCUT2D eigenvalue weighted by atomic mass is 35.5. The molecule has 0 N–H and O–H groups in total. The number of hydrogen-bond donors (Lipinski definition) is 0. The van der Waals surface area contributed by atoms with Crippen LogP contribution in [-0.4, -0.2) is 39.6 Å². The number of nitrogens with zero attached hydrogens (tertiary/aromatic N) is 2. The number of amides is 3. The molecule has 7 heteroatoms. The molecular formula is C34H25ClN2O4. The second-order valence-electron chi connectivity index (χ2n) is 10.8. The number of Topliss-reactive ketones (excluding diaryl/α,β-unsaturated/α-hetero) is 1. The zero-order chi connectivity index (χ0) is 28.4. The van der Waals surface area contributed by atoms with Crippen molar-refractivity contribution in [3.8, 4) is 0 Å². The van der Waals surface area contributed by atoms with Crippen LogP contribution in [-0.2, 0) is 9.59 Å². The Labute approximate surface area is 242 Å². The third-order valence-electron chi connectivity index (χ3n) is 8.76. The average Bonchev–Trinajstić information content (AvgIpc) is 3.27. The summed E-state index contributed by atoms with van der Waals surface area (Å²) in [6, 6.07) is 29.7. The summed E-state index contributed by atoms with van der Waals surface area (Å²) in [4.78, 5) is 56.8. The first-order chi connectivity index (χ1) is 19.9. The van der Waals surface area contributed by atoms with Crippen LogP contribution in [0, 0.1) is 11.8 Å². The number of halogens is 1. The van der Waals surface area contributed by atoms with Gasteiger partial charge in [0.05, 0.1) is 22.4 Å². The van der Waals surface area contributed by atoms with E-state index >= 15 is 0 Å². The Morgan fingerprint density at radius 1 is 0.683 bits per heavy atom. The minimum atomic E-state index is -1.16. The fourth-order valence-electron chi connectivity index (χ4n) is 7.03. The summed E-state index contributed by atoms with van der Waals surface area (Å²) in [7, 11) is 0. The molecule has 1 heterocycles. The van der Waals surface area contributed by atoms with Gasteiger partial charge in [0, 0.05) is 17.4 Å². The van der Waals surface area contributed by atoms with Crippen molar-refractivity contribution in [3.05, 3.63) is 142 Å². The highest BCUT2D eigenvalue weighted by Gasteiger charge is 2.63. The first-order valence-electron chi connectivity index (χ1n) is 13.6. The van der Waals surface area contributed by atoms with Crippen molar-refractivity contribution < 1.29 is 19.2 Å². The zero-order valence-electron chi connectivity index (χ0n) is 22.1. The quantitative estimate of drug-likeness (QED) is 0.226. The summed E-state index contributed by atoms with van der Waals surface area (Å²) in [5.41, 5.74) is 4.58. The Morgan fingerprint density at radius 3 is 1.61 bits per heavy atom. The smallest absolute Gasteiger partial charge is 0.275 e. The number of imide groups is 1. The molecule has 1 aliphatic heterocycles. The normalized spacial score (nSPS) is 22.5. The number of hydrazine groups is 1. The summed E-state index contributed by atoms with van der Waals surface area (Å²) in [6.45, 7) is 1.55. The number of hydrogen-bond acceptors (Lipinski definition) is 4. The van der Waals surface area contributed by atoms with Crippen molar-refractivity contribution in [2.75, 3.05) is 0 Å². The maximum absolute atomic E-state index is 14.5. The number of rotatable bonds is 5. The van der Waals surface area contributed by atoms with Crippen LogP contribution in [0.2, 0.25) is 5.02 Å². The van der Waals surface area contributed by atoms with Crippen molar-refractivity contribution in [1.29, 1.82) is 0 Å². The molecule has 3 aliphatic carbocycles. The molecule has 0 saturated carbocycles. The van der Waals surface area contributed by atoms with Crippen molar-refractivity contribution in [1.82, 2.24) is 10.0 Å². The summed E-state index contributed by atoms with van der Waals surface area (Å²) < 4.78 is 0. The van der Waals surface area contributed by atoms with Gasteiger partial charge in [0.15, 0.2) is 5.78 Å². The molecule has 0 radical (unpaired) electrons. The molecule has 3 amide bonds. The van der Waals surface area contributed by atoms with Crippen LogP contribution in [0.25, 0.3) is 0 Å². The van der Waals surface area contributed by atoms with Crippen molar-refractivity contribution in [2.45, 2.75) is 24.8 Å². The monoisotopic (exact) mass is 560 g/mol. The molecule has 1 fully saturated rings. The van der Waals surface area contributed by atoms with Gasteiger partial charge in [-0.25, -0.2) is 5.01 Å². The lowest BCUT2D eigenvalue weighted by Gasteiger charge is -2.45. The van der Waals surface area contributed by atoms with Gasteiger partial charge in [-0.2, -0.15) is 5.01 Å². The predicted molar refractivity (Wildman–Crippen MR) is 153 cm³/mol. The van der Waals surface area contributed by atoms with Gasteiger partial charge in [0.25, 0.3) is 17.7 Å². The Hall–Kier alpha value is -4.55. The van der Waals surface area contributed by atoms with Gasteiger partial charge in [0.2, 0.25) is 0 Å². The lowest BCUT2D eigenvalue weighted by molar-refractivity contribution is -0.156. The van der Waals surface area contributed by atoms with E-state index < -0.39 is 41.4 Å². The fourth-order valence-corrected chi connectivity index (χ4v) is 7.24. The molecule has 4 aliphatic rings. The topological polar surface area (TPSA) is 74.8 Å². The lowest BCUT2D eigenvalue weighted by atomic mass is 9.55. The molecule has 0 unspecified atom stereocenters. The third-order valence-corrected chi connectivity index (χ3v) is 9.09. The van der Waals surface area contributed by atoms with E-state index in [1.165, 1.54) is 6.07 Å². The first-order valence-corrected chi connectivity index (χ1v) is 14.0. The molecule has 6 nitrogen and oxygen atoms in total. The molecule has 2 bridgehead atoms. The van der Waals surface area contributed by atoms with Crippen LogP contribution in [0.3, 0.4) is 0 Å². The first kappa shape index (κ1) is 25.4. The number of benzene rings is 4. The van der Waals surface area contributed by atoms with E-state index in [9.17, 15) is 19.2 Å². The zero-order valence-corrected chi connectivity index (χ0v) is 22.9. The predicted octanol–water partition coefficient (Wildman–Crippen LogP) is 5.86. The van der Waals surface area contributed by atoms with E-state index in [1.807, 2.05) is 48.5 Å². The van der Waals surface area contributed by atoms with Crippen LogP contribution in [0.4, 0.5) is 0 Å². The lowest BCUT2D eigenvalue weighted by Crippen LogP contribution is -2.56. The van der Waals surface area contributed by atoms with Crippen LogP contribution in [0.5, 0.6) is 0 Å². The summed E-state index contributed by atoms with van der Waals surface area (Å²) in [6.07, 6.45) is 0. The Balaban J connectivity index is 1.37. The van der Waals surface area contributed by atoms with E-state index in [0.29, 0.717) is 5.56 Å². The van der Waals surface area contributed by atoms with Gasteiger partial charge in [-0.05, 0) is 41.3 Å². The second kappa shape index (κ2) is 9.53. The molecule has 1 saturated heterocycles. The minimum Gasteiger partial charge on any atom is -0.292 e. The van der Waals surface area contributed by atoms with Crippen molar-refractivity contribution in [3.63, 3.8) is 0 Å². The minimum absolute atomic E-state index is 0.104. The molecule has 3 atom stereocenters. The highest BCUT2D eigenvalue weighted by Crippen LogP contribution is 2.61. The number of carbonyl (C=O) groups is 4. The van der Waals surface area contributed by atoms with Gasteiger partial charge in [-0.1, -0.05) is 103 Å². The second-order valence-corrected chi connectivity index (χ2v) is 11.2. The van der Waals surface area contributed by atoms with E-state index in [1.54, 1.807) is 55.5 Å². The van der Waals surface area contributed by atoms with E-state index in [2.05, 4.69) is 0 Å². The molecule has 4 aromatic carbocycles. The fraction of sp³-hybridized carbons (Fsp3) is 0.176. The van der Waals surface area contributed by atoms with Crippen LogP contribution in [0.1, 0.15) is 61.7 Å². The summed E-state index contributed by atoms with van der Waals surface area (Å²) >= 11 is 6.42. The molecule has 0 aromatic heterocycles. The van der Waals surface area contributed by atoms with Crippen molar-refractivity contribution >= 4 is 35.1 Å². The molecule has 8 rings (SSSR count). The molecule has 41 heavy (non-hydrogen) atoms. The van der Waals surface area contributed by atoms with E-state index in [-0.39, 0.29) is 22.4 Å². The van der Waals surface area contributed by atoms with E-state index in [4.69, 9.17) is 11.6 Å². The largest absolute Gasteiger partial charge is 0.292 e. The maximum Gasteiger partial charge on any atom is 0.275 e. The molecular weight excluding hydrogens is 536 g/mol. The standard InChI is InChI=1S/C34H25ClN2O4/c1-19(31(38)20-11-3-2-4-12-20)36(32(39)25-17-9-10-18-26(25)35)37-33(40)29-27-21-13-5-6-14-22(21)28(30(29)34(37)41)24-16-8-7-15-23(24)27/h2-19,27-30H,1H3/t19-,27?,28?,29+,30+/m1/s1. The SMILES string of the molecule is C[C@H](C(=O)c1ccccc1)N(C(=O)c1ccccc1Cl)N1C(=O)[C@H]2C3c4ccccc4C(c4ccccc43)[C@@H]2C1=O. The highest BCUT2D eigenvalue weighted by molar-refractivity contribution is 6.34. The Morgan fingerprint density at radius 2 is 1.12 bits per heavy atom. The van der Waals surface area contributed by atoms with Crippen molar-refractivity contribution in [2.24, 2.45) is 11.8 Å². The van der Waals surface area contributed by atoms with Crippen LogP contribution in [0.15, 0.2) is 103 Å². The van der Waals surface area contributed by atoms with Gasteiger partial charge >= 0.3 is 0 Å². The van der Waals surface area contributed by atoms with Crippen LogP contribution >= 0.6 is 11.6 Å². The van der Waals surface area contributed by atoms with Gasteiger partial charge in [0.1, 0.15) is 6.04 Å². The molecule has 0 spiro atoms. The number of carbonyl (C=O) groups excluding carboxylic acids is 4. The van der Waals surface area contributed by atoms with Gasteiger partial charge in [-0.3, -0.25) is 19.2 Å². The van der Waals surface area contributed by atoms with E-state index in [0.717, 1.165) is 32.3 Å². The average molecular weight is 561 g/mol. The third kappa shape index (κ3) is 3.64.